The molecule has 0 aromatic carbocycles. The van der Waals surface area contributed by atoms with E-state index in [0.717, 1.165) is 31.2 Å². The van der Waals surface area contributed by atoms with Crippen LogP contribution in [0.25, 0.3) is 11.2 Å². The molecule has 0 bridgehead atoms. The second-order valence-electron chi connectivity index (χ2n) is 8.20. The van der Waals surface area contributed by atoms with Gasteiger partial charge in [-0.05, 0) is 25.7 Å². The molecule has 0 unspecified atom stereocenters. The Labute approximate surface area is 176 Å². The number of ether oxygens (including phenoxy) is 3. The van der Waals surface area contributed by atoms with E-state index in [4.69, 9.17) is 14.2 Å². The SMILES string of the molecule is CC(=O)Nc1ncc2c(ncn2COC(COC2CCCC2)COC2CCCC2)n1. The molecule has 2 aliphatic carbocycles. The molecule has 9 nitrogen and oxygen atoms in total. The van der Waals surface area contributed by atoms with Crippen molar-refractivity contribution in [2.24, 2.45) is 0 Å². The minimum atomic E-state index is -0.218. The van der Waals surface area contributed by atoms with Crippen molar-refractivity contribution in [1.82, 2.24) is 19.5 Å². The first kappa shape index (κ1) is 21.1. The normalized spacial score (nSPS) is 18.1. The molecular weight excluding hydrogens is 386 g/mol. The zero-order valence-electron chi connectivity index (χ0n) is 17.6. The number of nitrogens with one attached hydrogen (secondary N) is 1. The first-order valence-electron chi connectivity index (χ1n) is 11.0. The van der Waals surface area contributed by atoms with Gasteiger partial charge in [0.25, 0.3) is 0 Å². The zero-order valence-corrected chi connectivity index (χ0v) is 17.6. The summed E-state index contributed by atoms with van der Waals surface area (Å²) in [6, 6.07) is 0. The predicted molar refractivity (Wildman–Crippen MR) is 111 cm³/mol. The van der Waals surface area contributed by atoms with Crippen molar-refractivity contribution in [3.8, 4) is 0 Å². The van der Waals surface area contributed by atoms with Crippen LogP contribution in [-0.4, -0.2) is 57.0 Å². The maximum absolute atomic E-state index is 11.2. The molecule has 2 aromatic heterocycles. The van der Waals surface area contributed by atoms with Crippen molar-refractivity contribution >= 4 is 23.0 Å². The van der Waals surface area contributed by atoms with Gasteiger partial charge in [-0.3, -0.25) is 10.1 Å². The molecule has 2 fully saturated rings. The lowest BCUT2D eigenvalue weighted by Gasteiger charge is -2.22. The molecule has 0 saturated heterocycles. The molecule has 0 atom stereocenters. The lowest BCUT2D eigenvalue weighted by atomic mass is 10.3. The summed E-state index contributed by atoms with van der Waals surface area (Å²) in [5, 5.41) is 2.57. The number of hydrogen-bond acceptors (Lipinski definition) is 7. The third-order valence-corrected chi connectivity index (χ3v) is 5.76. The fourth-order valence-electron chi connectivity index (χ4n) is 4.10. The Hall–Kier alpha value is -2.10. The van der Waals surface area contributed by atoms with E-state index in [1.807, 2.05) is 4.57 Å². The molecule has 0 spiro atoms. The summed E-state index contributed by atoms with van der Waals surface area (Å²) in [5.74, 6) is 0.0263. The zero-order chi connectivity index (χ0) is 20.8. The molecule has 4 rings (SSSR count). The van der Waals surface area contributed by atoms with Crippen molar-refractivity contribution in [3.63, 3.8) is 0 Å². The highest BCUT2D eigenvalue weighted by Gasteiger charge is 2.22. The van der Waals surface area contributed by atoms with Gasteiger partial charge in [0.15, 0.2) is 5.65 Å². The van der Waals surface area contributed by atoms with Crippen LogP contribution in [0.5, 0.6) is 0 Å². The Kier molecular flexibility index (Phi) is 7.24. The molecule has 1 amide bonds. The van der Waals surface area contributed by atoms with E-state index in [9.17, 15) is 4.79 Å². The molecule has 30 heavy (non-hydrogen) atoms. The van der Waals surface area contributed by atoms with Crippen LogP contribution in [0.15, 0.2) is 12.5 Å². The Morgan fingerprint density at radius 1 is 1.10 bits per heavy atom. The van der Waals surface area contributed by atoms with Gasteiger partial charge >= 0.3 is 0 Å². The summed E-state index contributed by atoms with van der Waals surface area (Å²) in [6.07, 6.45) is 13.4. The van der Waals surface area contributed by atoms with Crippen LogP contribution in [0.2, 0.25) is 0 Å². The number of anilines is 1. The molecule has 2 saturated carbocycles. The van der Waals surface area contributed by atoms with Gasteiger partial charge in [0.1, 0.15) is 18.4 Å². The van der Waals surface area contributed by atoms with E-state index in [0.29, 0.717) is 37.8 Å². The highest BCUT2D eigenvalue weighted by Crippen LogP contribution is 2.23. The smallest absolute Gasteiger partial charge is 0.231 e. The minimum Gasteiger partial charge on any atom is -0.375 e. The van der Waals surface area contributed by atoms with E-state index in [1.54, 1.807) is 12.5 Å². The molecule has 9 heteroatoms. The fourth-order valence-corrected chi connectivity index (χ4v) is 4.10. The lowest BCUT2D eigenvalue weighted by Crippen LogP contribution is -2.30. The standard InChI is InChI=1S/C21H31N5O4/c1-15(27)24-21-22-10-19-20(25-21)23-13-26(19)14-30-18(11-28-16-6-2-3-7-16)12-29-17-8-4-5-9-17/h10,13,16-18H,2-9,11-12,14H2,1H3,(H,22,24,25,27). The van der Waals surface area contributed by atoms with Crippen molar-refractivity contribution in [3.05, 3.63) is 12.5 Å². The number of fused-ring (bicyclic) bond motifs is 1. The van der Waals surface area contributed by atoms with E-state index >= 15 is 0 Å². The largest absolute Gasteiger partial charge is 0.375 e. The summed E-state index contributed by atoms with van der Waals surface area (Å²) in [6.45, 7) is 2.80. The van der Waals surface area contributed by atoms with Gasteiger partial charge in [-0.25, -0.2) is 9.97 Å². The van der Waals surface area contributed by atoms with Gasteiger partial charge in [-0.1, -0.05) is 25.7 Å². The quantitative estimate of drug-likeness (QED) is 0.634. The predicted octanol–water partition coefficient (Wildman–Crippen LogP) is 3.05. The number of aromatic nitrogens is 4. The molecule has 2 heterocycles. The number of amides is 1. The molecule has 2 aliphatic rings. The van der Waals surface area contributed by atoms with Crippen molar-refractivity contribution in [2.75, 3.05) is 18.5 Å². The Bertz CT molecular complexity index is 810. The maximum atomic E-state index is 11.2. The van der Waals surface area contributed by atoms with Gasteiger partial charge in [0.05, 0.1) is 37.9 Å². The van der Waals surface area contributed by atoms with E-state index in [2.05, 4.69) is 20.3 Å². The molecular formula is C21H31N5O4. The fraction of sp³-hybridized carbons (Fsp3) is 0.714. The van der Waals surface area contributed by atoms with E-state index in [1.165, 1.54) is 32.6 Å². The lowest BCUT2D eigenvalue weighted by molar-refractivity contribution is -0.114. The second-order valence-corrected chi connectivity index (χ2v) is 8.20. The van der Waals surface area contributed by atoms with E-state index in [-0.39, 0.29) is 18.0 Å². The van der Waals surface area contributed by atoms with Crippen LogP contribution < -0.4 is 5.32 Å². The average molecular weight is 418 g/mol. The summed E-state index contributed by atoms with van der Waals surface area (Å²) < 4.78 is 20.2. The number of nitrogens with zero attached hydrogens (tertiary/aromatic N) is 4. The van der Waals surface area contributed by atoms with E-state index < -0.39 is 0 Å². The van der Waals surface area contributed by atoms with Crippen LogP contribution in [0.1, 0.15) is 58.3 Å². The summed E-state index contributed by atoms with van der Waals surface area (Å²) in [7, 11) is 0. The van der Waals surface area contributed by atoms with Crippen LogP contribution in [0.4, 0.5) is 5.95 Å². The van der Waals surface area contributed by atoms with Crippen molar-refractivity contribution in [2.45, 2.75) is 83.3 Å². The summed E-state index contributed by atoms with van der Waals surface area (Å²) >= 11 is 0. The number of carbonyl (C=O) groups is 1. The first-order chi connectivity index (χ1) is 14.7. The van der Waals surface area contributed by atoms with Gasteiger partial charge in [0.2, 0.25) is 11.9 Å². The van der Waals surface area contributed by atoms with Crippen LogP contribution in [-0.2, 0) is 25.7 Å². The van der Waals surface area contributed by atoms with Crippen LogP contribution >= 0.6 is 0 Å². The number of hydrogen-bond donors (Lipinski definition) is 1. The average Bonchev–Trinajstić information content (AvgIpc) is 3.49. The maximum Gasteiger partial charge on any atom is 0.231 e. The topological polar surface area (TPSA) is 100 Å². The highest BCUT2D eigenvalue weighted by atomic mass is 16.6. The van der Waals surface area contributed by atoms with Gasteiger partial charge in [-0.2, -0.15) is 4.98 Å². The number of rotatable bonds is 10. The molecule has 1 N–H and O–H groups in total. The Morgan fingerprint density at radius 2 is 1.73 bits per heavy atom. The van der Waals surface area contributed by atoms with Gasteiger partial charge < -0.3 is 18.8 Å². The summed E-state index contributed by atoms with van der Waals surface area (Å²) in [5.41, 5.74) is 1.26. The van der Waals surface area contributed by atoms with Gasteiger partial charge in [0, 0.05) is 6.92 Å². The highest BCUT2D eigenvalue weighted by molar-refractivity contribution is 5.87. The van der Waals surface area contributed by atoms with Crippen molar-refractivity contribution in [1.29, 1.82) is 0 Å². The Balaban J connectivity index is 1.35. The molecule has 164 valence electrons. The molecule has 0 radical (unpaired) electrons. The summed E-state index contributed by atoms with van der Waals surface area (Å²) in [4.78, 5) is 23.9. The molecule has 0 aliphatic heterocycles. The van der Waals surface area contributed by atoms with Gasteiger partial charge in [-0.15, -0.1) is 0 Å². The van der Waals surface area contributed by atoms with Crippen LogP contribution in [0.3, 0.4) is 0 Å². The minimum absolute atomic E-state index is 0.136. The Morgan fingerprint density at radius 3 is 2.33 bits per heavy atom. The number of imidazole rings is 1. The molecule has 2 aromatic rings. The third-order valence-electron chi connectivity index (χ3n) is 5.76. The third kappa shape index (κ3) is 5.74. The second kappa shape index (κ2) is 10.3. The first-order valence-corrected chi connectivity index (χ1v) is 11.0. The monoisotopic (exact) mass is 417 g/mol. The number of carbonyl (C=O) groups excluding carboxylic acids is 1. The van der Waals surface area contributed by atoms with Crippen LogP contribution in [0, 0.1) is 0 Å². The van der Waals surface area contributed by atoms with Crippen molar-refractivity contribution < 1.29 is 19.0 Å².